The molecule has 136 valence electrons. The molecule has 0 aliphatic carbocycles. The first kappa shape index (κ1) is 20.6. The fourth-order valence-corrected chi connectivity index (χ4v) is 2.72. The highest BCUT2D eigenvalue weighted by Crippen LogP contribution is 2.30. The monoisotopic (exact) mass is 365 g/mol. The lowest BCUT2D eigenvalue weighted by atomic mass is 10.1. The topological polar surface area (TPSA) is 49.6 Å². The number of nitrogens with zero attached hydrogens (tertiary/aromatic N) is 2. The lowest BCUT2D eigenvalue weighted by Crippen LogP contribution is -2.53. The van der Waals surface area contributed by atoms with Gasteiger partial charge in [0.2, 0.25) is 5.91 Å². The Morgan fingerprint density at radius 3 is 2.17 bits per heavy atom. The van der Waals surface area contributed by atoms with Crippen LogP contribution in [0.25, 0.3) is 0 Å². The molecule has 1 aliphatic rings. The molecule has 1 atom stereocenters. The fourth-order valence-electron chi connectivity index (χ4n) is 2.72. The summed E-state index contributed by atoms with van der Waals surface area (Å²) >= 11 is 0. The van der Waals surface area contributed by atoms with E-state index in [2.05, 4.69) is 0 Å². The molecule has 24 heavy (non-hydrogen) atoms. The van der Waals surface area contributed by atoms with Crippen molar-refractivity contribution in [3.63, 3.8) is 0 Å². The van der Waals surface area contributed by atoms with Gasteiger partial charge in [-0.05, 0) is 30.7 Å². The molecule has 0 radical (unpaired) electrons. The maximum atomic E-state index is 12.6. The predicted molar refractivity (Wildman–Crippen MR) is 90.4 cm³/mol. The molecule has 1 fully saturated rings. The van der Waals surface area contributed by atoms with Crippen molar-refractivity contribution < 1.29 is 18.0 Å². The summed E-state index contributed by atoms with van der Waals surface area (Å²) in [7, 11) is 0. The number of halogens is 4. The zero-order chi connectivity index (χ0) is 17.0. The smallest absolute Gasteiger partial charge is 0.368 e. The molecule has 8 heteroatoms. The minimum Gasteiger partial charge on any atom is -0.368 e. The number of hydrogen-bond donors (Lipinski definition) is 1. The molecule has 0 spiro atoms. The number of benzene rings is 1. The van der Waals surface area contributed by atoms with Crippen molar-refractivity contribution in [2.75, 3.05) is 31.1 Å². The number of amides is 1. The number of carbonyl (C=O) groups excluding carboxylic acids is 1. The predicted octanol–water partition coefficient (Wildman–Crippen LogP) is 2.90. The van der Waals surface area contributed by atoms with Crippen LogP contribution in [-0.4, -0.2) is 43.0 Å². The molecule has 0 bridgehead atoms. The van der Waals surface area contributed by atoms with Crippen LogP contribution in [-0.2, 0) is 11.0 Å². The standard InChI is InChI=1S/C16H22F3N3O.ClH/c1-2-3-14(20)15(23)22-10-8-21(9-11-22)13-6-4-12(5-7-13)16(17,18)19;/h4-7,14H,2-3,8-11,20H2,1H3;1H. The van der Waals surface area contributed by atoms with Crippen molar-refractivity contribution in [3.8, 4) is 0 Å². The second-order valence-electron chi connectivity index (χ2n) is 5.75. The molecule has 0 saturated carbocycles. The average molecular weight is 366 g/mol. The van der Waals surface area contributed by atoms with Crippen LogP contribution >= 0.6 is 12.4 Å². The van der Waals surface area contributed by atoms with Crippen LogP contribution in [0.3, 0.4) is 0 Å². The van der Waals surface area contributed by atoms with Crippen LogP contribution < -0.4 is 10.6 Å². The van der Waals surface area contributed by atoms with Gasteiger partial charge in [-0.15, -0.1) is 12.4 Å². The highest BCUT2D eigenvalue weighted by molar-refractivity contribution is 5.85. The molecular formula is C16H23ClF3N3O. The van der Waals surface area contributed by atoms with Gasteiger partial charge in [0.15, 0.2) is 0 Å². The van der Waals surface area contributed by atoms with Gasteiger partial charge >= 0.3 is 6.18 Å². The highest BCUT2D eigenvalue weighted by atomic mass is 35.5. The van der Waals surface area contributed by atoms with Crippen LogP contribution in [0.4, 0.5) is 18.9 Å². The van der Waals surface area contributed by atoms with E-state index in [1.54, 1.807) is 4.90 Å². The zero-order valence-electron chi connectivity index (χ0n) is 13.6. The third-order valence-electron chi connectivity index (χ3n) is 4.07. The molecule has 1 unspecified atom stereocenters. The third-order valence-corrected chi connectivity index (χ3v) is 4.07. The van der Waals surface area contributed by atoms with Gasteiger partial charge < -0.3 is 15.5 Å². The third kappa shape index (κ3) is 5.01. The van der Waals surface area contributed by atoms with Crippen LogP contribution in [0.2, 0.25) is 0 Å². The minimum absolute atomic E-state index is 0. The Kier molecular flexibility index (Phi) is 7.35. The van der Waals surface area contributed by atoms with Crippen LogP contribution in [0.15, 0.2) is 24.3 Å². The summed E-state index contributed by atoms with van der Waals surface area (Å²) in [6.07, 6.45) is -2.80. The first-order valence-electron chi connectivity index (χ1n) is 7.79. The van der Waals surface area contributed by atoms with E-state index < -0.39 is 17.8 Å². The average Bonchev–Trinajstić information content (AvgIpc) is 2.54. The van der Waals surface area contributed by atoms with E-state index in [9.17, 15) is 18.0 Å². The number of nitrogens with two attached hydrogens (primary N) is 1. The van der Waals surface area contributed by atoms with Gasteiger partial charge in [0.05, 0.1) is 11.6 Å². The van der Waals surface area contributed by atoms with Crippen molar-refractivity contribution in [2.45, 2.75) is 32.0 Å². The highest BCUT2D eigenvalue weighted by Gasteiger charge is 2.30. The van der Waals surface area contributed by atoms with E-state index in [0.29, 0.717) is 32.6 Å². The van der Waals surface area contributed by atoms with E-state index in [4.69, 9.17) is 5.73 Å². The molecule has 1 saturated heterocycles. The molecule has 1 heterocycles. The normalized spacial score (nSPS) is 16.5. The minimum atomic E-state index is -4.32. The Morgan fingerprint density at radius 1 is 1.17 bits per heavy atom. The van der Waals surface area contributed by atoms with E-state index in [1.807, 2.05) is 11.8 Å². The second-order valence-corrected chi connectivity index (χ2v) is 5.75. The summed E-state index contributed by atoms with van der Waals surface area (Å²) in [5, 5.41) is 0. The van der Waals surface area contributed by atoms with Gasteiger partial charge in [-0.1, -0.05) is 13.3 Å². The van der Waals surface area contributed by atoms with Gasteiger partial charge in [0.25, 0.3) is 0 Å². The number of carbonyl (C=O) groups is 1. The van der Waals surface area contributed by atoms with Gasteiger partial charge in [-0.2, -0.15) is 13.2 Å². The number of hydrogen-bond acceptors (Lipinski definition) is 3. The van der Waals surface area contributed by atoms with E-state index in [-0.39, 0.29) is 18.3 Å². The number of anilines is 1. The summed E-state index contributed by atoms with van der Waals surface area (Å²) in [5.41, 5.74) is 5.94. The summed E-state index contributed by atoms with van der Waals surface area (Å²) in [4.78, 5) is 15.9. The quantitative estimate of drug-likeness (QED) is 0.892. The molecule has 1 aliphatic heterocycles. The molecule has 1 aromatic rings. The lowest BCUT2D eigenvalue weighted by molar-refractivity contribution is -0.137. The Labute approximate surface area is 146 Å². The molecule has 1 amide bonds. The lowest BCUT2D eigenvalue weighted by Gasteiger charge is -2.37. The van der Waals surface area contributed by atoms with E-state index in [0.717, 1.165) is 24.2 Å². The van der Waals surface area contributed by atoms with Gasteiger partial charge in [0, 0.05) is 31.9 Å². The Bertz CT molecular complexity index is 528. The summed E-state index contributed by atoms with van der Waals surface area (Å²) in [6.45, 7) is 4.25. The van der Waals surface area contributed by atoms with Crippen molar-refractivity contribution in [1.82, 2.24) is 4.90 Å². The fraction of sp³-hybridized carbons (Fsp3) is 0.562. The SMILES string of the molecule is CCCC(N)C(=O)N1CCN(c2ccc(C(F)(F)F)cc2)CC1.Cl. The maximum absolute atomic E-state index is 12.6. The molecule has 1 aromatic carbocycles. The summed E-state index contributed by atoms with van der Waals surface area (Å²) in [5.74, 6) is -0.0427. The number of rotatable bonds is 4. The van der Waals surface area contributed by atoms with Gasteiger partial charge in [0.1, 0.15) is 0 Å². The van der Waals surface area contributed by atoms with Crippen LogP contribution in [0.1, 0.15) is 25.3 Å². The van der Waals surface area contributed by atoms with Gasteiger partial charge in [-0.25, -0.2) is 0 Å². The van der Waals surface area contributed by atoms with Crippen LogP contribution in [0, 0.1) is 0 Å². The van der Waals surface area contributed by atoms with Crippen molar-refractivity contribution in [3.05, 3.63) is 29.8 Å². The summed E-state index contributed by atoms with van der Waals surface area (Å²) in [6, 6.07) is 4.66. The zero-order valence-corrected chi connectivity index (χ0v) is 14.4. The van der Waals surface area contributed by atoms with Gasteiger partial charge in [-0.3, -0.25) is 4.79 Å². The Morgan fingerprint density at radius 2 is 1.71 bits per heavy atom. The molecule has 4 nitrogen and oxygen atoms in total. The number of alkyl halides is 3. The first-order chi connectivity index (χ1) is 10.8. The molecule has 2 rings (SSSR count). The molecule has 2 N–H and O–H groups in total. The van der Waals surface area contributed by atoms with Crippen molar-refractivity contribution >= 4 is 24.0 Å². The second kappa shape index (κ2) is 8.58. The van der Waals surface area contributed by atoms with E-state index in [1.165, 1.54) is 12.1 Å². The summed E-state index contributed by atoms with van der Waals surface area (Å²) < 4.78 is 37.7. The maximum Gasteiger partial charge on any atom is 0.416 e. The Hall–Kier alpha value is -1.47. The molecular weight excluding hydrogens is 343 g/mol. The Balaban J connectivity index is 0.00000288. The largest absolute Gasteiger partial charge is 0.416 e. The number of piperazine rings is 1. The first-order valence-corrected chi connectivity index (χ1v) is 7.79. The van der Waals surface area contributed by atoms with Crippen molar-refractivity contribution in [1.29, 1.82) is 0 Å². The molecule has 0 aromatic heterocycles. The van der Waals surface area contributed by atoms with Crippen molar-refractivity contribution in [2.24, 2.45) is 5.73 Å². The van der Waals surface area contributed by atoms with E-state index >= 15 is 0 Å². The van der Waals surface area contributed by atoms with Crippen LogP contribution in [0.5, 0.6) is 0 Å².